The van der Waals surface area contributed by atoms with Gasteiger partial charge in [0.05, 0.1) is 21.3 Å². The maximum atomic E-state index is 9.52. The summed E-state index contributed by atoms with van der Waals surface area (Å²) in [6.45, 7) is 6.13. The third kappa shape index (κ3) is 3.46. The predicted octanol–water partition coefficient (Wildman–Crippen LogP) is 3.73. The number of nitrogens with zero attached hydrogens (tertiary/aromatic N) is 1. The summed E-state index contributed by atoms with van der Waals surface area (Å²) in [6.07, 6.45) is 0.717. The molecule has 2 nitrogen and oxygen atoms in total. The SMILES string of the molecule is C[C@H](Cc1nc2ccccc2s1)S[C@@H](C)[C@@H](C)O. The van der Waals surface area contributed by atoms with E-state index < -0.39 is 0 Å². The van der Waals surface area contributed by atoms with Gasteiger partial charge in [0, 0.05) is 16.9 Å². The highest BCUT2D eigenvalue weighted by molar-refractivity contribution is 8.00. The highest BCUT2D eigenvalue weighted by atomic mass is 32.2. The van der Waals surface area contributed by atoms with Gasteiger partial charge >= 0.3 is 0 Å². The van der Waals surface area contributed by atoms with Gasteiger partial charge < -0.3 is 5.11 Å². The topological polar surface area (TPSA) is 33.1 Å². The quantitative estimate of drug-likeness (QED) is 0.906. The summed E-state index contributed by atoms with van der Waals surface area (Å²) in [5.41, 5.74) is 1.10. The summed E-state index contributed by atoms with van der Waals surface area (Å²) >= 11 is 3.60. The van der Waals surface area contributed by atoms with Crippen LogP contribution in [-0.4, -0.2) is 26.7 Å². The number of aliphatic hydroxyl groups excluding tert-OH is 1. The van der Waals surface area contributed by atoms with E-state index >= 15 is 0 Å². The van der Waals surface area contributed by atoms with Crippen LogP contribution in [0.5, 0.6) is 0 Å². The Labute approximate surface area is 116 Å². The van der Waals surface area contributed by atoms with E-state index in [1.165, 1.54) is 9.71 Å². The van der Waals surface area contributed by atoms with E-state index in [0.29, 0.717) is 5.25 Å². The fraction of sp³-hybridized carbons (Fsp3) is 0.500. The van der Waals surface area contributed by atoms with Crippen molar-refractivity contribution in [1.29, 1.82) is 0 Å². The largest absolute Gasteiger partial charge is 0.392 e. The van der Waals surface area contributed by atoms with Gasteiger partial charge in [-0.15, -0.1) is 11.3 Å². The molecule has 0 spiro atoms. The van der Waals surface area contributed by atoms with E-state index in [1.54, 1.807) is 11.3 Å². The second kappa shape index (κ2) is 6.04. The number of hydrogen-bond donors (Lipinski definition) is 1. The molecule has 1 aromatic heterocycles. The van der Waals surface area contributed by atoms with Crippen molar-refractivity contribution < 1.29 is 5.11 Å². The van der Waals surface area contributed by atoms with Gasteiger partial charge in [0.15, 0.2) is 0 Å². The number of hydrogen-bond acceptors (Lipinski definition) is 4. The van der Waals surface area contributed by atoms with Gasteiger partial charge in [-0.1, -0.05) is 26.0 Å². The van der Waals surface area contributed by atoms with Crippen molar-refractivity contribution in [2.45, 2.75) is 43.8 Å². The average molecular weight is 281 g/mol. The van der Waals surface area contributed by atoms with Gasteiger partial charge in [-0.25, -0.2) is 4.98 Å². The molecule has 0 aliphatic heterocycles. The van der Waals surface area contributed by atoms with Crippen LogP contribution in [0.15, 0.2) is 24.3 Å². The normalized spacial score (nSPS) is 16.7. The Morgan fingerprint density at radius 1 is 1.28 bits per heavy atom. The number of fused-ring (bicyclic) bond motifs is 1. The summed E-state index contributed by atoms with van der Waals surface area (Å²) in [7, 11) is 0. The van der Waals surface area contributed by atoms with Crippen molar-refractivity contribution in [1.82, 2.24) is 4.98 Å². The van der Waals surface area contributed by atoms with Crippen molar-refractivity contribution in [3.63, 3.8) is 0 Å². The molecule has 0 radical (unpaired) electrons. The molecule has 0 saturated carbocycles. The van der Waals surface area contributed by atoms with Gasteiger partial charge in [0.2, 0.25) is 0 Å². The van der Waals surface area contributed by atoms with Crippen LogP contribution in [0.4, 0.5) is 0 Å². The molecule has 0 fully saturated rings. The minimum Gasteiger partial charge on any atom is -0.392 e. The highest BCUT2D eigenvalue weighted by Crippen LogP contribution is 2.27. The number of para-hydroxylation sites is 1. The minimum atomic E-state index is -0.257. The Balaban J connectivity index is 2.00. The molecule has 0 unspecified atom stereocenters. The molecule has 18 heavy (non-hydrogen) atoms. The van der Waals surface area contributed by atoms with E-state index in [1.807, 2.05) is 24.8 Å². The second-order valence-corrected chi connectivity index (χ2v) is 7.61. The zero-order valence-electron chi connectivity index (χ0n) is 11.0. The van der Waals surface area contributed by atoms with Gasteiger partial charge in [-0.3, -0.25) is 0 Å². The number of thioether (sulfide) groups is 1. The van der Waals surface area contributed by atoms with Crippen LogP contribution in [0.1, 0.15) is 25.8 Å². The van der Waals surface area contributed by atoms with Crippen molar-refractivity contribution in [3.8, 4) is 0 Å². The maximum Gasteiger partial charge on any atom is 0.0949 e. The summed E-state index contributed by atoms with van der Waals surface area (Å²) in [6, 6.07) is 8.26. The van der Waals surface area contributed by atoms with Crippen molar-refractivity contribution in [2.24, 2.45) is 0 Å². The Hall–Kier alpha value is -0.580. The molecule has 2 rings (SSSR count). The van der Waals surface area contributed by atoms with Crippen LogP contribution in [0.3, 0.4) is 0 Å². The maximum absolute atomic E-state index is 9.52. The molecule has 3 atom stereocenters. The van der Waals surface area contributed by atoms with Crippen LogP contribution >= 0.6 is 23.1 Å². The number of rotatable bonds is 5. The fourth-order valence-corrected chi connectivity index (χ4v) is 4.20. The van der Waals surface area contributed by atoms with E-state index in [2.05, 4.69) is 37.0 Å². The van der Waals surface area contributed by atoms with Crippen LogP contribution in [-0.2, 0) is 6.42 Å². The monoisotopic (exact) mass is 281 g/mol. The van der Waals surface area contributed by atoms with Crippen molar-refractivity contribution in [3.05, 3.63) is 29.3 Å². The summed E-state index contributed by atoms with van der Waals surface area (Å²) in [4.78, 5) is 4.65. The summed E-state index contributed by atoms with van der Waals surface area (Å²) < 4.78 is 1.26. The van der Waals surface area contributed by atoms with Crippen LogP contribution in [0, 0.1) is 0 Å². The van der Waals surface area contributed by atoms with Crippen LogP contribution in [0.2, 0.25) is 0 Å². The lowest BCUT2D eigenvalue weighted by atomic mass is 10.3. The third-order valence-electron chi connectivity index (χ3n) is 2.93. The zero-order chi connectivity index (χ0) is 13.1. The van der Waals surface area contributed by atoms with E-state index in [9.17, 15) is 5.11 Å². The molecule has 0 aliphatic carbocycles. The summed E-state index contributed by atoms with van der Waals surface area (Å²) in [5, 5.41) is 11.5. The number of benzene rings is 1. The lowest BCUT2D eigenvalue weighted by Gasteiger charge is -2.18. The van der Waals surface area contributed by atoms with Crippen LogP contribution in [0.25, 0.3) is 10.2 Å². The first-order chi connectivity index (χ1) is 8.56. The predicted molar refractivity (Wildman–Crippen MR) is 81.5 cm³/mol. The molecule has 2 aromatic rings. The van der Waals surface area contributed by atoms with Gasteiger partial charge in [0.1, 0.15) is 0 Å². The molecule has 1 N–H and O–H groups in total. The van der Waals surface area contributed by atoms with Crippen molar-refractivity contribution >= 4 is 33.3 Å². The molecule has 0 saturated heterocycles. The molecule has 98 valence electrons. The van der Waals surface area contributed by atoms with Crippen LogP contribution < -0.4 is 0 Å². The first kappa shape index (κ1) is 13.8. The first-order valence-electron chi connectivity index (χ1n) is 6.24. The first-order valence-corrected chi connectivity index (χ1v) is 8.00. The molecule has 1 heterocycles. The smallest absolute Gasteiger partial charge is 0.0949 e. The summed E-state index contributed by atoms with van der Waals surface area (Å²) in [5.74, 6) is 0. The minimum absolute atomic E-state index is 0.257. The lowest BCUT2D eigenvalue weighted by Crippen LogP contribution is -2.19. The number of thiazole rings is 1. The molecule has 1 aromatic carbocycles. The molecule has 0 bridgehead atoms. The van der Waals surface area contributed by atoms with Gasteiger partial charge in [0.25, 0.3) is 0 Å². The van der Waals surface area contributed by atoms with E-state index in [4.69, 9.17) is 0 Å². The van der Waals surface area contributed by atoms with Gasteiger partial charge in [-0.05, 0) is 19.1 Å². The molecular weight excluding hydrogens is 262 g/mol. The van der Waals surface area contributed by atoms with E-state index in [-0.39, 0.29) is 11.4 Å². The van der Waals surface area contributed by atoms with Crippen molar-refractivity contribution in [2.75, 3.05) is 0 Å². The average Bonchev–Trinajstić information content (AvgIpc) is 2.70. The fourth-order valence-electron chi connectivity index (χ4n) is 1.78. The second-order valence-electron chi connectivity index (χ2n) is 4.67. The number of aliphatic hydroxyl groups is 1. The molecular formula is C14H19NOS2. The van der Waals surface area contributed by atoms with E-state index in [0.717, 1.165) is 11.9 Å². The molecule has 0 amide bonds. The zero-order valence-corrected chi connectivity index (χ0v) is 12.6. The Morgan fingerprint density at radius 2 is 2.00 bits per heavy atom. The highest BCUT2D eigenvalue weighted by Gasteiger charge is 2.15. The van der Waals surface area contributed by atoms with Gasteiger partial charge in [-0.2, -0.15) is 11.8 Å². The Kier molecular flexibility index (Phi) is 4.65. The number of aromatic nitrogens is 1. The Morgan fingerprint density at radius 3 is 2.67 bits per heavy atom. The molecule has 4 heteroatoms. The standard InChI is InChI=1S/C14H19NOS2/c1-9(17-11(3)10(2)16)8-14-15-12-6-4-5-7-13(12)18-14/h4-7,9-11,16H,8H2,1-3H3/t9-,10-,11+/m1/s1. The molecule has 0 aliphatic rings. The Bertz CT molecular complexity index is 476. The lowest BCUT2D eigenvalue weighted by molar-refractivity contribution is 0.196. The third-order valence-corrected chi connectivity index (χ3v) is 5.44.